The molecule has 256 valence electrons. The van der Waals surface area contributed by atoms with Gasteiger partial charge in [-0.15, -0.1) is 0 Å². The van der Waals surface area contributed by atoms with Crippen molar-refractivity contribution in [3.63, 3.8) is 0 Å². The van der Waals surface area contributed by atoms with Gasteiger partial charge in [-0.2, -0.15) is 13.2 Å². The number of ether oxygens (including phenoxy) is 4. The number of carbonyl (C=O) groups excluding carboxylic acids is 5. The van der Waals surface area contributed by atoms with Crippen LogP contribution in [0, 0.1) is 5.92 Å². The molecule has 11 nitrogen and oxygen atoms in total. The van der Waals surface area contributed by atoms with Crippen LogP contribution in [0.4, 0.5) is 13.2 Å². The van der Waals surface area contributed by atoms with Gasteiger partial charge in [-0.05, 0) is 49.0 Å². The number of nitrogens with one attached hydrogen (secondary N) is 1. The van der Waals surface area contributed by atoms with Crippen LogP contribution in [-0.4, -0.2) is 78.7 Å². The molecule has 0 spiro atoms. The lowest BCUT2D eigenvalue weighted by Gasteiger charge is -2.34. The fraction of sp³-hybridized carbons (Fsp3) is 0.594. The molecule has 0 bridgehead atoms. The van der Waals surface area contributed by atoms with E-state index in [1.807, 2.05) is 13.8 Å². The van der Waals surface area contributed by atoms with E-state index in [9.17, 15) is 37.1 Å². The molecule has 1 unspecified atom stereocenters. The highest BCUT2D eigenvalue weighted by Gasteiger charge is 2.45. The number of methoxy groups -OCH3 is 1. The van der Waals surface area contributed by atoms with Crippen molar-refractivity contribution in [2.75, 3.05) is 13.7 Å². The first-order chi connectivity index (χ1) is 21.6. The SMILES string of the molecule is CCC(C)C=C[C@@H](OC(C)=O)[C@H](OC(C)=O)[C@@H](OC(C)=O)[C@@H](OC)C(=O)N[C@H]1CCCCN(Cc2cccc(C(F)(F)F)c2)C1=O. The van der Waals surface area contributed by atoms with Crippen molar-refractivity contribution < 1.29 is 56.1 Å². The Kier molecular flexibility index (Phi) is 14.7. The quantitative estimate of drug-likeness (QED) is 0.178. The first-order valence-corrected chi connectivity index (χ1v) is 15.0. The number of amides is 2. The van der Waals surface area contributed by atoms with Gasteiger partial charge < -0.3 is 29.2 Å². The molecule has 0 aromatic heterocycles. The maximum absolute atomic E-state index is 13.7. The Morgan fingerprint density at radius 3 is 2.20 bits per heavy atom. The monoisotopic (exact) mass is 656 g/mol. The minimum Gasteiger partial charge on any atom is -0.455 e. The normalized spacial score (nSPS) is 18.9. The van der Waals surface area contributed by atoms with Gasteiger partial charge in [-0.25, -0.2) is 0 Å². The predicted octanol–water partition coefficient (Wildman–Crippen LogP) is 4.12. The predicted molar refractivity (Wildman–Crippen MR) is 159 cm³/mol. The zero-order valence-corrected chi connectivity index (χ0v) is 26.9. The van der Waals surface area contributed by atoms with Gasteiger partial charge in [0.1, 0.15) is 6.04 Å². The van der Waals surface area contributed by atoms with Gasteiger partial charge in [0.25, 0.3) is 5.91 Å². The van der Waals surface area contributed by atoms with Crippen molar-refractivity contribution in [3.8, 4) is 0 Å². The van der Waals surface area contributed by atoms with E-state index in [0.29, 0.717) is 12.8 Å². The lowest BCUT2D eigenvalue weighted by Crippen LogP contribution is -2.58. The molecule has 2 rings (SSSR count). The van der Waals surface area contributed by atoms with Crippen LogP contribution < -0.4 is 5.32 Å². The number of nitrogens with zero attached hydrogens (tertiary/aromatic N) is 1. The van der Waals surface area contributed by atoms with Crippen molar-refractivity contribution in [3.05, 3.63) is 47.5 Å². The van der Waals surface area contributed by atoms with E-state index in [1.54, 1.807) is 6.08 Å². The molecule has 46 heavy (non-hydrogen) atoms. The standard InChI is InChI=1S/C32H43F3N2O9/c1-7-19(2)14-15-26(44-20(3)38)27(45-21(4)39)28(46-22(5)40)29(43-6)30(41)36-25-13-8-9-16-37(31(25)42)18-23-11-10-12-24(17-23)32(33,34)35/h10-12,14-15,17,19,25-29H,7-9,13,16,18H2,1-6H3,(H,36,41)/t19?,25-,26+,27-,28+,29+/m0/s1. The van der Waals surface area contributed by atoms with Crippen LogP contribution in [0.3, 0.4) is 0 Å². The van der Waals surface area contributed by atoms with E-state index in [2.05, 4.69) is 5.32 Å². The van der Waals surface area contributed by atoms with Crippen LogP contribution in [0.15, 0.2) is 36.4 Å². The molecule has 1 aromatic rings. The summed E-state index contributed by atoms with van der Waals surface area (Å²) in [7, 11) is 1.15. The average Bonchev–Trinajstić information content (AvgIpc) is 3.13. The summed E-state index contributed by atoms with van der Waals surface area (Å²) in [5.74, 6) is -3.80. The lowest BCUT2D eigenvalue weighted by molar-refractivity contribution is -0.192. The molecule has 1 N–H and O–H groups in total. The third-order valence-electron chi connectivity index (χ3n) is 7.36. The largest absolute Gasteiger partial charge is 0.455 e. The Morgan fingerprint density at radius 1 is 1.00 bits per heavy atom. The zero-order valence-electron chi connectivity index (χ0n) is 26.9. The molecule has 1 saturated heterocycles. The van der Waals surface area contributed by atoms with Crippen LogP contribution in [-0.2, 0) is 55.6 Å². The number of likely N-dealkylation sites (tertiary alicyclic amines) is 1. The molecule has 1 aliphatic rings. The van der Waals surface area contributed by atoms with Gasteiger partial charge >= 0.3 is 24.1 Å². The second-order valence-electron chi connectivity index (χ2n) is 11.2. The average molecular weight is 657 g/mol. The van der Waals surface area contributed by atoms with Crippen molar-refractivity contribution >= 4 is 29.7 Å². The van der Waals surface area contributed by atoms with E-state index in [0.717, 1.165) is 46.4 Å². The first kappa shape index (κ1) is 38.2. The second kappa shape index (κ2) is 17.7. The Morgan fingerprint density at radius 2 is 1.63 bits per heavy atom. The topological polar surface area (TPSA) is 138 Å². The number of hydrogen-bond acceptors (Lipinski definition) is 9. The molecule has 6 atom stereocenters. The van der Waals surface area contributed by atoms with E-state index in [1.165, 1.54) is 23.1 Å². The molecule has 1 aliphatic heterocycles. The Hall–Kier alpha value is -3.94. The van der Waals surface area contributed by atoms with Crippen molar-refractivity contribution in [2.24, 2.45) is 5.92 Å². The lowest BCUT2D eigenvalue weighted by atomic mass is 9.98. The summed E-state index contributed by atoms with van der Waals surface area (Å²) in [4.78, 5) is 65.1. The fourth-order valence-electron chi connectivity index (χ4n) is 4.95. The van der Waals surface area contributed by atoms with Gasteiger partial charge in [0.05, 0.1) is 5.56 Å². The molecule has 0 radical (unpaired) electrons. The highest BCUT2D eigenvalue weighted by atomic mass is 19.4. The number of hydrogen-bond donors (Lipinski definition) is 1. The number of halogens is 3. The van der Waals surface area contributed by atoms with Gasteiger partial charge in [-0.3, -0.25) is 24.0 Å². The van der Waals surface area contributed by atoms with Crippen LogP contribution in [0.2, 0.25) is 0 Å². The highest BCUT2D eigenvalue weighted by molar-refractivity contribution is 5.90. The summed E-state index contributed by atoms with van der Waals surface area (Å²) in [6.45, 7) is 7.27. The maximum Gasteiger partial charge on any atom is 0.416 e. The van der Waals surface area contributed by atoms with E-state index in [-0.39, 0.29) is 31.0 Å². The van der Waals surface area contributed by atoms with E-state index < -0.39 is 71.9 Å². The summed E-state index contributed by atoms with van der Waals surface area (Å²) >= 11 is 0. The minimum atomic E-state index is -4.55. The molecule has 14 heteroatoms. The zero-order chi connectivity index (χ0) is 34.6. The van der Waals surface area contributed by atoms with Crippen LogP contribution in [0.5, 0.6) is 0 Å². The first-order valence-electron chi connectivity index (χ1n) is 15.0. The molecular weight excluding hydrogens is 613 g/mol. The number of rotatable bonds is 14. The van der Waals surface area contributed by atoms with Crippen LogP contribution in [0.25, 0.3) is 0 Å². The fourth-order valence-corrected chi connectivity index (χ4v) is 4.95. The smallest absolute Gasteiger partial charge is 0.416 e. The molecule has 1 aromatic carbocycles. The molecule has 1 heterocycles. The number of esters is 3. The van der Waals surface area contributed by atoms with Crippen molar-refractivity contribution in [1.82, 2.24) is 10.2 Å². The third-order valence-corrected chi connectivity index (χ3v) is 7.36. The summed E-state index contributed by atoms with van der Waals surface area (Å²) in [5, 5.41) is 2.62. The maximum atomic E-state index is 13.7. The van der Waals surface area contributed by atoms with Gasteiger partial charge in [0.2, 0.25) is 5.91 Å². The minimum absolute atomic E-state index is 0.0323. The number of allylic oxidation sites excluding steroid dienone is 1. The van der Waals surface area contributed by atoms with E-state index in [4.69, 9.17) is 18.9 Å². The summed E-state index contributed by atoms with van der Waals surface area (Å²) in [6, 6.07) is 3.57. The second-order valence-corrected chi connectivity index (χ2v) is 11.2. The Labute approximate surface area is 266 Å². The third kappa shape index (κ3) is 11.8. The van der Waals surface area contributed by atoms with Gasteiger partial charge in [0.15, 0.2) is 24.4 Å². The molecular formula is C32H43F3N2O9. The number of alkyl halides is 3. The number of benzene rings is 1. The van der Waals surface area contributed by atoms with Gasteiger partial charge in [0, 0.05) is 41.0 Å². The van der Waals surface area contributed by atoms with E-state index >= 15 is 0 Å². The summed E-state index contributed by atoms with van der Waals surface area (Å²) in [6.07, 6.45) is -5.41. The van der Waals surface area contributed by atoms with Crippen molar-refractivity contribution in [2.45, 2.75) is 103 Å². The van der Waals surface area contributed by atoms with Crippen LogP contribution in [0.1, 0.15) is 71.4 Å². The Bertz CT molecular complexity index is 1250. The molecule has 2 amide bonds. The molecule has 1 fully saturated rings. The van der Waals surface area contributed by atoms with Crippen molar-refractivity contribution in [1.29, 1.82) is 0 Å². The highest BCUT2D eigenvalue weighted by Crippen LogP contribution is 2.30. The summed E-state index contributed by atoms with van der Waals surface area (Å²) in [5.41, 5.74) is -0.573. The summed E-state index contributed by atoms with van der Waals surface area (Å²) < 4.78 is 61.5. The molecule has 0 aliphatic carbocycles. The molecule has 0 saturated carbocycles. The van der Waals surface area contributed by atoms with Gasteiger partial charge in [-0.1, -0.05) is 38.5 Å². The number of carbonyl (C=O) groups is 5. The Balaban J connectivity index is 2.40. The van der Waals surface area contributed by atoms with Crippen LogP contribution >= 0.6 is 0 Å².